The summed E-state index contributed by atoms with van der Waals surface area (Å²) in [7, 11) is 0. The fourth-order valence-electron chi connectivity index (χ4n) is 2.44. The number of nitrogens with two attached hydrogens (primary N) is 1. The van der Waals surface area contributed by atoms with Crippen LogP contribution in [0.25, 0.3) is 0 Å². The molecule has 0 bridgehead atoms. The predicted molar refractivity (Wildman–Crippen MR) is 79.3 cm³/mol. The van der Waals surface area contributed by atoms with Gasteiger partial charge in [-0.1, -0.05) is 48.0 Å². The average molecular weight is 251 g/mol. The highest BCUT2D eigenvalue weighted by Crippen LogP contribution is 2.30. The fourth-order valence-corrected chi connectivity index (χ4v) is 2.44. The zero-order valence-electron chi connectivity index (χ0n) is 11.0. The number of nitrogens with zero attached hydrogens (tertiary/aromatic N) is 2. The summed E-state index contributed by atoms with van der Waals surface area (Å²) in [6, 6.07) is 19.0. The first-order chi connectivity index (χ1) is 9.25. The molecule has 2 aromatic carbocycles. The molecule has 1 aliphatic heterocycles. The first kappa shape index (κ1) is 11.8. The molecule has 0 spiro atoms. The molecule has 3 heteroatoms. The second-order valence-electron chi connectivity index (χ2n) is 4.83. The molecule has 0 saturated carbocycles. The number of aliphatic imine (C=N–C) groups is 1. The lowest BCUT2D eigenvalue weighted by molar-refractivity contribution is 0.769. The second-order valence-corrected chi connectivity index (χ2v) is 4.83. The molecule has 0 saturated heterocycles. The summed E-state index contributed by atoms with van der Waals surface area (Å²) in [6.07, 6.45) is 0. The number of hydrogen-bond acceptors (Lipinski definition) is 3. The van der Waals surface area contributed by atoms with Gasteiger partial charge in [0.2, 0.25) is 0 Å². The molecular formula is C16H17N3. The molecule has 2 aromatic rings. The van der Waals surface area contributed by atoms with E-state index in [-0.39, 0.29) is 6.04 Å². The molecule has 0 aliphatic carbocycles. The Kier molecular flexibility index (Phi) is 2.95. The normalized spacial score (nSPS) is 18.5. The molecule has 1 unspecified atom stereocenters. The highest BCUT2D eigenvalue weighted by atomic mass is 15.3. The SMILES string of the molecule is Cc1ccc(N2C(N)=NCC2c2ccccc2)cc1. The lowest BCUT2D eigenvalue weighted by Crippen LogP contribution is -2.36. The molecule has 0 radical (unpaired) electrons. The Labute approximate surface area is 113 Å². The van der Waals surface area contributed by atoms with Crippen LogP contribution in [0.5, 0.6) is 0 Å². The average Bonchev–Trinajstić information content (AvgIpc) is 2.83. The van der Waals surface area contributed by atoms with Crippen molar-refractivity contribution in [2.24, 2.45) is 10.7 Å². The molecule has 1 aliphatic rings. The summed E-state index contributed by atoms with van der Waals surface area (Å²) < 4.78 is 0. The molecule has 3 nitrogen and oxygen atoms in total. The van der Waals surface area contributed by atoms with E-state index in [1.807, 2.05) is 6.07 Å². The first-order valence-electron chi connectivity index (χ1n) is 6.46. The van der Waals surface area contributed by atoms with Gasteiger partial charge in [-0.2, -0.15) is 0 Å². The monoisotopic (exact) mass is 251 g/mol. The smallest absolute Gasteiger partial charge is 0.196 e. The van der Waals surface area contributed by atoms with Crippen molar-refractivity contribution in [3.63, 3.8) is 0 Å². The number of anilines is 1. The molecule has 1 atom stereocenters. The molecule has 2 N–H and O–H groups in total. The van der Waals surface area contributed by atoms with E-state index in [4.69, 9.17) is 5.73 Å². The van der Waals surface area contributed by atoms with Crippen molar-refractivity contribution in [1.29, 1.82) is 0 Å². The van der Waals surface area contributed by atoms with Crippen LogP contribution in [0.3, 0.4) is 0 Å². The second kappa shape index (κ2) is 4.76. The van der Waals surface area contributed by atoms with E-state index in [9.17, 15) is 0 Å². The van der Waals surface area contributed by atoms with E-state index >= 15 is 0 Å². The van der Waals surface area contributed by atoms with Gasteiger partial charge in [-0.25, -0.2) is 0 Å². The molecule has 3 rings (SSSR count). The largest absolute Gasteiger partial charge is 0.369 e. The van der Waals surface area contributed by atoms with Gasteiger partial charge in [-0.15, -0.1) is 0 Å². The lowest BCUT2D eigenvalue weighted by Gasteiger charge is -2.26. The van der Waals surface area contributed by atoms with Gasteiger partial charge in [0.1, 0.15) is 0 Å². The van der Waals surface area contributed by atoms with Crippen LogP contribution in [-0.4, -0.2) is 12.5 Å². The standard InChI is InChI=1S/C16H17N3/c1-12-7-9-14(10-8-12)19-15(11-18-16(19)17)13-5-3-2-4-6-13/h2-10,15H,11H2,1H3,(H2,17,18). The summed E-state index contributed by atoms with van der Waals surface area (Å²) in [5.74, 6) is 0.595. The maximum Gasteiger partial charge on any atom is 0.196 e. The quantitative estimate of drug-likeness (QED) is 0.891. The van der Waals surface area contributed by atoms with Crippen LogP contribution >= 0.6 is 0 Å². The van der Waals surface area contributed by atoms with Gasteiger partial charge in [0.15, 0.2) is 5.96 Å². The highest BCUT2D eigenvalue weighted by molar-refractivity contribution is 5.97. The summed E-state index contributed by atoms with van der Waals surface area (Å²) in [4.78, 5) is 6.50. The molecule has 0 amide bonds. The van der Waals surface area contributed by atoms with Crippen LogP contribution in [0, 0.1) is 6.92 Å². The van der Waals surface area contributed by atoms with Crippen molar-refractivity contribution in [3.8, 4) is 0 Å². The minimum Gasteiger partial charge on any atom is -0.369 e. The van der Waals surface area contributed by atoms with Gasteiger partial charge < -0.3 is 10.6 Å². The van der Waals surface area contributed by atoms with Crippen molar-refractivity contribution in [2.75, 3.05) is 11.4 Å². The van der Waals surface area contributed by atoms with E-state index in [1.54, 1.807) is 0 Å². The van der Waals surface area contributed by atoms with E-state index in [2.05, 4.69) is 65.3 Å². The molecule has 96 valence electrons. The van der Waals surface area contributed by atoms with Crippen molar-refractivity contribution >= 4 is 11.6 Å². The minimum absolute atomic E-state index is 0.198. The van der Waals surface area contributed by atoms with Gasteiger partial charge in [0.25, 0.3) is 0 Å². The van der Waals surface area contributed by atoms with Crippen LogP contribution in [0.1, 0.15) is 17.2 Å². The van der Waals surface area contributed by atoms with E-state index in [0.717, 1.165) is 5.69 Å². The third kappa shape index (κ3) is 2.19. The Hall–Kier alpha value is -2.29. The van der Waals surface area contributed by atoms with Crippen molar-refractivity contribution in [3.05, 3.63) is 65.7 Å². The number of guanidine groups is 1. The number of rotatable bonds is 2. The highest BCUT2D eigenvalue weighted by Gasteiger charge is 2.28. The van der Waals surface area contributed by atoms with E-state index in [0.29, 0.717) is 12.5 Å². The molecule has 1 heterocycles. The maximum absolute atomic E-state index is 6.05. The van der Waals surface area contributed by atoms with Crippen LogP contribution in [0.2, 0.25) is 0 Å². The van der Waals surface area contributed by atoms with Crippen LogP contribution in [-0.2, 0) is 0 Å². The van der Waals surface area contributed by atoms with Gasteiger partial charge in [-0.3, -0.25) is 4.99 Å². The zero-order valence-corrected chi connectivity index (χ0v) is 11.0. The van der Waals surface area contributed by atoms with Crippen LogP contribution in [0.15, 0.2) is 59.6 Å². The van der Waals surface area contributed by atoms with E-state index < -0.39 is 0 Å². The van der Waals surface area contributed by atoms with Gasteiger partial charge in [0, 0.05) is 5.69 Å². The molecular weight excluding hydrogens is 234 g/mol. The summed E-state index contributed by atoms with van der Waals surface area (Å²) >= 11 is 0. The maximum atomic E-state index is 6.05. The molecule has 19 heavy (non-hydrogen) atoms. The fraction of sp³-hybridized carbons (Fsp3) is 0.188. The Morgan fingerprint density at radius 3 is 2.42 bits per heavy atom. The minimum atomic E-state index is 0.198. The third-order valence-electron chi connectivity index (χ3n) is 3.48. The molecule has 0 fully saturated rings. The predicted octanol–water partition coefficient (Wildman–Crippen LogP) is 2.87. The van der Waals surface area contributed by atoms with Crippen molar-refractivity contribution < 1.29 is 0 Å². The van der Waals surface area contributed by atoms with Gasteiger partial charge >= 0.3 is 0 Å². The Morgan fingerprint density at radius 2 is 1.74 bits per heavy atom. The topological polar surface area (TPSA) is 41.6 Å². The molecule has 0 aromatic heterocycles. The third-order valence-corrected chi connectivity index (χ3v) is 3.48. The number of hydrogen-bond donors (Lipinski definition) is 1. The van der Waals surface area contributed by atoms with E-state index in [1.165, 1.54) is 11.1 Å². The Bertz CT molecular complexity index is 587. The zero-order chi connectivity index (χ0) is 13.2. The lowest BCUT2D eigenvalue weighted by atomic mass is 10.1. The van der Waals surface area contributed by atoms with Gasteiger partial charge in [-0.05, 0) is 24.6 Å². The van der Waals surface area contributed by atoms with Crippen molar-refractivity contribution in [2.45, 2.75) is 13.0 Å². The first-order valence-corrected chi connectivity index (χ1v) is 6.46. The summed E-state index contributed by atoms with van der Waals surface area (Å²) in [5.41, 5.74) is 9.64. The van der Waals surface area contributed by atoms with Crippen LogP contribution < -0.4 is 10.6 Å². The number of aryl methyl sites for hydroxylation is 1. The van der Waals surface area contributed by atoms with Crippen molar-refractivity contribution in [1.82, 2.24) is 0 Å². The Morgan fingerprint density at radius 1 is 1.05 bits per heavy atom. The Balaban J connectivity index is 1.97. The summed E-state index contributed by atoms with van der Waals surface area (Å²) in [5, 5.41) is 0. The van der Waals surface area contributed by atoms with Crippen LogP contribution in [0.4, 0.5) is 5.69 Å². The van der Waals surface area contributed by atoms with Gasteiger partial charge in [0.05, 0.1) is 12.6 Å². The summed E-state index contributed by atoms with van der Waals surface area (Å²) in [6.45, 7) is 2.80. The number of benzene rings is 2.